The highest BCUT2D eigenvalue weighted by atomic mass is 35.5. The van der Waals surface area contributed by atoms with Gasteiger partial charge >= 0.3 is 5.97 Å². The fourth-order valence-electron chi connectivity index (χ4n) is 1.58. The van der Waals surface area contributed by atoms with Crippen molar-refractivity contribution in [3.8, 4) is 0 Å². The van der Waals surface area contributed by atoms with Gasteiger partial charge in [0.2, 0.25) is 0 Å². The maximum atomic E-state index is 10.9. The monoisotopic (exact) mass is 211 g/mol. The molecule has 0 bridgehead atoms. The predicted molar refractivity (Wildman–Crippen MR) is 54.0 cm³/mol. The summed E-state index contributed by atoms with van der Waals surface area (Å²) in [4.78, 5) is 10.9. The minimum Gasteiger partial charge on any atom is -0.478 e. The summed E-state index contributed by atoms with van der Waals surface area (Å²) in [6.45, 7) is 1.70. The number of hydrogen-bond donors (Lipinski definition) is 2. The van der Waals surface area contributed by atoms with E-state index >= 15 is 0 Å². The Balaban J connectivity index is 2.41. The quantitative estimate of drug-likeness (QED) is 0.783. The minimum atomic E-state index is -0.908. The summed E-state index contributed by atoms with van der Waals surface area (Å²) in [5.41, 5.74) is 1.20. The Hall–Kier alpha value is -1.06. The van der Waals surface area contributed by atoms with Crippen LogP contribution in [-0.4, -0.2) is 24.2 Å². The second kappa shape index (κ2) is 3.59. The fourth-order valence-corrected chi connectivity index (χ4v) is 1.75. The van der Waals surface area contributed by atoms with Crippen molar-refractivity contribution < 1.29 is 9.90 Å². The SMILES string of the molecule is O=C(O)c1cc(Cl)ccc1C1CNC1. The summed E-state index contributed by atoms with van der Waals surface area (Å²) in [5, 5.41) is 12.6. The third kappa shape index (κ3) is 1.61. The van der Waals surface area contributed by atoms with Crippen LogP contribution in [0.3, 0.4) is 0 Å². The molecule has 1 aliphatic heterocycles. The van der Waals surface area contributed by atoms with Gasteiger partial charge in [-0.15, -0.1) is 0 Å². The maximum absolute atomic E-state index is 10.9. The number of carboxylic acids is 1. The lowest BCUT2D eigenvalue weighted by atomic mass is 9.90. The van der Waals surface area contributed by atoms with Crippen LogP contribution in [0.15, 0.2) is 18.2 Å². The van der Waals surface area contributed by atoms with E-state index in [9.17, 15) is 4.79 Å². The van der Waals surface area contributed by atoms with Gasteiger partial charge in [-0.1, -0.05) is 17.7 Å². The lowest BCUT2D eigenvalue weighted by molar-refractivity contribution is 0.0694. The second-order valence-corrected chi connectivity index (χ2v) is 3.83. The number of rotatable bonds is 2. The van der Waals surface area contributed by atoms with Gasteiger partial charge in [-0.05, 0) is 17.7 Å². The highest BCUT2D eigenvalue weighted by Crippen LogP contribution is 2.26. The summed E-state index contributed by atoms with van der Waals surface area (Å²) in [6.07, 6.45) is 0. The van der Waals surface area contributed by atoms with Crippen LogP contribution in [0.2, 0.25) is 5.02 Å². The Labute approximate surface area is 86.7 Å². The van der Waals surface area contributed by atoms with Crippen molar-refractivity contribution in [3.05, 3.63) is 34.3 Å². The first-order valence-electron chi connectivity index (χ1n) is 4.42. The van der Waals surface area contributed by atoms with Crippen LogP contribution in [0.4, 0.5) is 0 Å². The van der Waals surface area contributed by atoms with Crippen LogP contribution in [0, 0.1) is 0 Å². The van der Waals surface area contributed by atoms with Gasteiger partial charge in [0.15, 0.2) is 0 Å². The van der Waals surface area contributed by atoms with Gasteiger partial charge in [0, 0.05) is 24.0 Å². The van der Waals surface area contributed by atoms with Crippen LogP contribution in [-0.2, 0) is 0 Å². The number of hydrogen-bond acceptors (Lipinski definition) is 2. The molecular formula is C10H10ClNO2. The van der Waals surface area contributed by atoms with Crippen LogP contribution in [0.5, 0.6) is 0 Å². The van der Waals surface area contributed by atoms with E-state index in [4.69, 9.17) is 16.7 Å². The Morgan fingerprint density at radius 1 is 1.50 bits per heavy atom. The summed E-state index contributed by atoms with van der Waals surface area (Å²) in [7, 11) is 0. The summed E-state index contributed by atoms with van der Waals surface area (Å²) < 4.78 is 0. The summed E-state index contributed by atoms with van der Waals surface area (Å²) >= 11 is 5.75. The third-order valence-electron chi connectivity index (χ3n) is 2.47. The molecule has 0 radical (unpaired) electrons. The van der Waals surface area contributed by atoms with E-state index in [1.54, 1.807) is 12.1 Å². The lowest BCUT2D eigenvalue weighted by Crippen LogP contribution is -2.40. The minimum absolute atomic E-state index is 0.318. The number of aromatic carboxylic acids is 1. The normalized spacial score (nSPS) is 16.4. The number of halogens is 1. The predicted octanol–water partition coefficient (Wildman–Crippen LogP) is 1.73. The molecule has 0 saturated carbocycles. The number of nitrogens with one attached hydrogen (secondary N) is 1. The van der Waals surface area contributed by atoms with Crippen LogP contribution >= 0.6 is 11.6 Å². The molecule has 2 rings (SSSR count). The van der Waals surface area contributed by atoms with Gasteiger partial charge in [0.25, 0.3) is 0 Å². The molecule has 1 aromatic carbocycles. The van der Waals surface area contributed by atoms with Gasteiger partial charge < -0.3 is 10.4 Å². The number of carboxylic acid groups (broad SMARTS) is 1. The van der Waals surface area contributed by atoms with E-state index in [1.165, 1.54) is 6.07 Å². The average molecular weight is 212 g/mol. The maximum Gasteiger partial charge on any atom is 0.336 e. The summed E-state index contributed by atoms with van der Waals surface area (Å²) in [5.74, 6) is -0.590. The molecule has 1 aliphatic rings. The first-order chi connectivity index (χ1) is 6.68. The molecule has 4 heteroatoms. The zero-order valence-electron chi connectivity index (χ0n) is 7.46. The highest BCUT2D eigenvalue weighted by molar-refractivity contribution is 6.31. The zero-order valence-corrected chi connectivity index (χ0v) is 8.21. The largest absolute Gasteiger partial charge is 0.478 e. The van der Waals surface area contributed by atoms with Crippen LogP contribution in [0.1, 0.15) is 21.8 Å². The third-order valence-corrected chi connectivity index (χ3v) is 2.70. The Bertz CT molecular complexity index is 374. The zero-order chi connectivity index (χ0) is 10.1. The van der Waals surface area contributed by atoms with Crippen LogP contribution < -0.4 is 5.32 Å². The number of carbonyl (C=O) groups is 1. The smallest absolute Gasteiger partial charge is 0.336 e. The van der Waals surface area contributed by atoms with Crippen molar-refractivity contribution in [1.82, 2.24) is 5.32 Å². The fraction of sp³-hybridized carbons (Fsp3) is 0.300. The Morgan fingerprint density at radius 2 is 2.21 bits per heavy atom. The van der Waals surface area contributed by atoms with E-state index < -0.39 is 5.97 Å². The molecule has 1 saturated heterocycles. The summed E-state index contributed by atoms with van der Waals surface area (Å²) in [6, 6.07) is 5.05. The van der Waals surface area contributed by atoms with Gasteiger partial charge in [0.1, 0.15) is 0 Å². The molecule has 1 fully saturated rings. The molecule has 74 valence electrons. The van der Waals surface area contributed by atoms with Gasteiger partial charge in [-0.25, -0.2) is 4.79 Å². The van der Waals surface area contributed by atoms with Gasteiger partial charge in [-0.3, -0.25) is 0 Å². The van der Waals surface area contributed by atoms with Crippen molar-refractivity contribution in [2.45, 2.75) is 5.92 Å². The van der Waals surface area contributed by atoms with Gasteiger partial charge in [-0.2, -0.15) is 0 Å². The first kappa shape index (κ1) is 9.49. The molecule has 0 spiro atoms. The lowest BCUT2D eigenvalue weighted by Gasteiger charge is -2.28. The van der Waals surface area contributed by atoms with E-state index in [2.05, 4.69) is 5.32 Å². The van der Waals surface area contributed by atoms with Crippen LogP contribution in [0.25, 0.3) is 0 Å². The molecule has 0 aliphatic carbocycles. The molecule has 0 atom stereocenters. The van der Waals surface area contributed by atoms with E-state index in [-0.39, 0.29) is 0 Å². The van der Waals surface area contributed by atoms with Crippen molar-refractivity contribution in [2.75, 3.05) is 13.1 Å². The number of benzene rings is 1. The van der Waals surface area contributed by atoms with E-state index in [1.807, 2.05) is 0 Å². The van der Waals surface area contributed by atoms with Crippen molar-refractivity contribution in [1.29, 1.82) is 0 Å². The topological polar surface area (TPSA) is 49.3 Å². The van der Waals surface area contributed by atoms with Crippen molar-refractivity contribution >= 4 is 17.6 Å². The van der Waals surface area contributed by atoms with Gasteiger partial charge in [0.05, 0.1) is 5.56 Å². The van der Waals surface area contributed by atoms with E-state index in [0.29, 0.717) is 16.5 Å². The molecule has 3 nitrogen and oxygen atoms in total. The Morgan fingerprint density at radius 3 is 2.71 bits per heavy atom. The standard InChI is InChI=1S/C10H10ClNO2/c11-7-1-2-8(6-4-12-5-6)9(3-7)10(13)14/h1-3,6,12H,4-5H2,(H,13,14). The van der Waals surface area contributed by atoms with Crippen molar-refractivity contribution in [2.24, 2.45) is 0 Å². The molecule has 2 N–H and O–H groups in total. The molecule has 1 heterocycles. The molecule has 1 aromatic rings. The molecule has 0 amide bonds. The van der Waals surface area contributed by atoms with Crippen molar-refractivity contribution in [3.63, 3.8) is 0 Å². The molecular weight excluding hydrogens is 202 g/mol. The highest BCUT2D eigenvalue weighted by Gasteiger charge is 2.23. The second-order valence-electron chi connectivity index (χ2n) is 3.39. The molecule has 14 heavy (non-hydrogen) atoms. The molecule has 0 aromatic heterocycles. The Kier molecular flexibility index (Phi) is 2.44. The molecule has 0 unspecified atom stereocenters. The van der Waals surface area contributed by atoms with E-state index in [0.717, 1.165) is 18.7 Å². The first-order valence-corrected chi connectivity index (χ1v) is 4.79. The average Bonchev–Trinajstić information content (AvgIpc) is 2.04.